The Labute approximate surface area is 126 Å². The maximum Gasteiger partial charge on any atom is 0.0818 e. The predicted molar refractivity (Wildman–Crippen MR) is 86.8 cm³/mol. The fraction of sp³-hybridized carbons (Fsp3) is 0.368. The van der Waals surface area contributed by atoms with E-state index in [0.717, 1.165) is 30.5 Å². The molecular weight excluding hydrogens is 258 g/mol. The van der Waals surface area contributed by atoms with Crippen LogP contribution >= 0.6 is 0 Å². The highest BCUT2D eigenvalue weighted by molar-refractivity contribution is 5.39. The first kappa shape index (κ1) is 14.2. The van der Waals surface area contributed by atoms with Crippen molar-refractivity contribution < 1.29 is 5.11 Å². The van der Waals surface area contributed by atoms with Gasteiger partial charge in [0.25, 0.3) is 0 Å². The Morgan fingerprint density at radius 3 is 2.43 bits per heavy atom. The van der Waals surface area contributed by atoms with E-state index >= 15 is 0 Å². The second kappa shape index (κ2) is 6.31. The molecule has 0 spiro atoms. The summed E-state index contributed by atoms with van der Waals surface area (Å²) in [6.07, 6.45) is 4.22. The van der Waals surface area contributed by atoms with E-state index in [2.05, 4.69) is 12.1 Å². The van der Waals surface area contributed by atoms with Crippen molar-refractivity contribution in [2.24, 2.45) is 11.8 Å². The molecule has 3 atom stereocenters. The second-order valence-electron chi connectivity index (χ2n) is 6.24. The molecule has 0 unspecified atom stereocenters. The van der Waals surface area contributed by atoms with Gasteiger partial charge in [-0.15, -0.1) is 0 Å². The Morgan fingerprint density at radius 2 is 1.71 bits per heavy atom. The van der Waals surface area contributed by atoms with Crippen molar-refractivity contribution in [1.29, 1.82) is 0 Å². The molecule has 2 aromatic rings. The average molecular weight is 281 g/mol. The molecule has 3 rings (SSSR count). The summed E-state index contributed by atoms with van der Waals surface area (Å²) in [7, 11) is 0. The Bertz CT molecular complexity index is 564. The van der Waals surface area contributed by atoms with E-state index < -0.39 is 0 Å². The summed E-state index contributed by atoms with van der Waals surface area (Å²) >= 11 is 0. The third-order valence-corrected chi connectivity index (χ3v) is 4.67. The van der Waals surface area contributed by atoms with E-state index in [-0.39, 0.29) is 6.10 Å². The van der Waals surface area contributed by atoms with E-state index in [9.17, 15) is 5.11 Å². The van der Waals surface area contributed by atoms with Crippen molar-refractivity contribution in [2.75, 3.05) is 5.73 Å². The lowest BCUT2D eigenvalue weighted by molar-refractivity contribution is 0.109. The monoisotopic (exact) mass is 281 g/mol. The maximum atomic E-state index is 10.5. The van der Waals surface area contributed by atoms with Crippen LogP contribution in [0.2, 0.25) is 0 Å². The van der Waals surface area contributed by atoms with Crippen molar-refractivity contribution in [3.05, 3.63) is 65.7 Å². The van der Waals surface area contributed by atoms with Gasteiger partial charge in [0.1, 0.15) is 0 Å². The van der Waals surface area contributed by atoms with Crippen LogP contribution in [-0.2, 0) is 6.42 Å². The molecule has 0 radical (unpaired) electrons. The normalized spacial score (nSPS) is 23.1. The van der Waals surface area contributed by atoms with Gasteiger partial charge in [-0.2, -0.15) is 0 Å². The number of benzene rings is 2. The lowest BCUT2D eigenvalue weighted by atomic mass is 9.91. The quantitative estimate of drug-likeness (QED) is 0.833. The number of rotatable bonds is 4. The lowest BCUT2D eigenvalue weighted by Crippen LogP contribution is -2.10. The number of hydrogen-bond acceptors (Lipinski definition) is 2. The van der Waals surface area contributed by atoms with Crippen molar-refractivity contribution in [1.82, 2.24) is 0 Å². The minimum Gasteiger partial charge on any atom is -0.399 e. The van der Waals surface area contributed by atoms with Crippen LogP contribution in [0.1, 0.15) is 36.5 Å². The van der Waals surface area contributed by atoms with Crippen molar-refractivity contribution >= 4 is 5.69 Å². The average Bonchev–Trinajstić information content (AvgIpc) is 2.98. The summed E-state index contributed by atoms with van der Waals surface area (Å²) in [5.74, 6) is 1.07. The van der Waals surface area contributed by atoms with E-state index in [0.29, 0.717) is 11.8 Å². The molecule has 0 bridgehead atoms. The molecule has 0 saturated heterocycles. The number of hydrogen-bond donors (Lipinski definition) is 2. The molecule has 0 amide bonds. The second-order valence-corrected chi connectivity index (χ2v) is 6.24. The first-order valence-electron chi connectivity index (χ1n) is 7.80. The molecule has 2 aromatic carbocycles. The Morgan fingerprint density at radius 1 is 1.00 bits per heavy atom. The van der Waals surface area contributed by atoms with Crippen LogP contribution in [0.3, 0.4) is 0 Å². The molecular formula is C19H23NO. The van der Waals surface area contributed by atoms with Crippen molar-refractivity contribution in [3.8, 4) is 0 Å². The smallest absolute Gasteiger partial charge is 0.0818 e. The number of anilines is 1. The molecule has 21 heavy (non-hydrogen) atoms. The third-order valence-electron chi connectivity index (χ3n) is 4.67. The summed E-state index contributed by atoms with van der Waals surface area (Å²) in [6, 6.07) is 18.2. The number of nitrogen functional groups attached to an aromatic ring is 1. The number of nitrogens with two attached hydrogens (primary N) is 1. The topological polar surface area (TPSA) is 46.2 Å². The Kier molecular flexibility index (Phi) is 4.26. The molecule has 110 valence electrons. The molecule has 1 saturated carbocycles. The molecule has 3 N–H and O–H groups in total. The zero-order valence-corrected chi connectivity index (χ0v) is 12.3. The van der Waals surface area contributed by atoms with Gasteiger partial charge in [0, 0.05) is 5.69 Å². The fourth-order valence-electron chi connectivity index (χ4n) is 3.50. The molecule has 1 fully saturated rings. The number of aliphatic hydroxyl groups is 1. The molecule has 0 aliphatic heterocycles. The minimum absolute atomic E-state index is 0.317. The third kappa shape index (κ3) is 3.45. The van der Waals surface area contributed by atoms with E-state index in [4.69, 9.17) is 5.73 Å². The van der Waals surface area contributed by atoms with Crippen LogP contribution < -0.4 is 5.73 Å². The minimum atomic E-state index is -0.317. The SMILES string of the molecule is Nc1ccc(C[C@@H]2CC[C@H]([C@H](O)c3ccccc3)C2)cc1. The van der Waals surface area contributed by atoms with Gasteiger partial charge in [0.2, 0.25) is 0 Å². The maximum absolute atomic E-state index is 10.5. The first-order chi connectivity index (χ1) is 10.2. The lowest BCUT2D eigenvalue weighted by Gasteiger charge is -2.18. The van der Waals surface area contributed by atoms with Crippen LogP contribution in [-0.4, -0.2) is 5.11 Å². The van der Waals surface area contributed by atoms with Gasteiger partial charge in [0.15, 0.2) is 0 Å². The first-order valence-corrected chi connectivity index (χ1v) is 7.80. The van der Waals surface area contributed by atoms with E-state index in [1.807, 2.05) is 42.5 Å². The van der Waals surface area contributed by atoms with Gasteiger partial charge in [0.05, 0.1) is 6.10 Å². The summed E-state index contributed by atoms with van der Waals surface area (Å²) in [5, 5.41) is 10.5. The Hall–Kier alpha value is -1.80. The fourth-order valence-corrected chi connectivity index (χ4v) is 3.50. The van der Waals surface area contributed by atoms with Crippen LogP contribution in [0.5, 0.6) is 0 Å². The van der Waals surface area contributed by atoms with E-state index in [1.54, 1.807) is 0 Å². The highest BCUT2D eigenvalue weighted by Gasteiger charge is 2.30. The van der Waals surface area contributed by atoms with Gasteiger partial charge in [-0.05, 0) is 60.8 Å². The van der Waals surface area contributed by atoms with Crippen LogP contribution in [0.25, 0.3) is 0 Å². The standard InChI is InChI=1S/C19H23NO/c20-18-10-7-14(8-11-18)12-15-6-9-17(13-15)19(21)16-4-2-1-3-5-16/h1-5,7-8,10-11,15,17,19,21H,6,9,12-13,20H2/t15-,17-,19+/m0/s1. The highest BCUT2D eigenvalue weighted by Crippen LogP contribution is 2.40. The highest BCUT2D eigenvalue weighted by atomic mass is 16.3. The molecule has 1 aliphatic rings. The van der Waals surface area contributed by atoms with Crippen LogP contribution in [0.15, 0.2) is 54.6 Å². The molecule has 0 aromatic heterocycles. The largest absolute Gasteiger partial charge is 0.399 e. The van der Waals surface area contributed by atoms with Gasteiger partial charge in [-0.3, -0.25) is 0 Å². The molecule has 2 heteroatoms. The van der Waals surface area contributed by atoms with Gasteiger partial charge >= 0.3 is 0 Å². The van der Waals surface area contributed by atoms with Crippen LogP contribution in [0.4, 0.5) is 5.69 Å². The summed E-state index contributed by atoms with van der Waals surface area (Å²) in [6.45, 7) is 0. The van der Waals surface area contributed by atoms with Crippen molar-refractivity contribution in [2.45, 2.75) is 31.8 Å². The summed E-state index contributed by atoms with van der Waals surface area (Å²) < 4.78 is 0. The zero-order chi connectivity index (χ0) is 14.7. The zero-order valence-electron chi connectivity index (χ0n) is 12.3. The van der Waals surface area contributed by atoms with Crippen LogP contribution in [0, 0.1) is 11.8 Å². The van der Waals surface area contributed by atoms with Gasteiger partial charge in [-0.25, -0.2) is 0 Å². The Balaban J connectivity index is 1.59. The van der Waals surface area contributed by atoms with Gasteiger partial charge in [-0.1, -0.05) is 42.5 Å². The van der Waals surface area contributed by atoms with Crippen molar-refractivity contribution in [3.63, 3.8) is 0 Å². The number of aliphatic hydroxyl groups excluding tert-OH is 1. The van der Waals surface area contributed by atoms with Gasteiger partial charge < -0.3 is 10.8 Å². The predicted octanol–water partition coefficient (Wildman–Crippen LogP) is 3.96. The summed E-state index contributed by atoms with van der Waals surface area (Å²) in [5.41, 5.74) is 8.95. The summed E-state index contributed by atoms with van der Waals surface area (Å²) in [4.78, 5) is 0. The molecule has 1 aliphatic carbocycles. The molecule has 0 heterocycles. The van der Waals surface area contributed by atoms with E-state index in [1.165, 1.54) is 12.0 Å². The molecule has 2 nitrogen and oxygen atoms in total.